The van der Waals surface area contributed by atoms with Gasteiger partial charge >= 0.3 is 0 Å². The van der Waals surface area contributed by atoms with Crippen molar-refractivity contribution in [1.29, 1.82) is 0 Å². The van der Waals surface area contributed by atoms with E-state index < -0.39 is 0 Å². The number of aliphatic imine (C=N–C) groups is 1. The zero-order valence-corrected chi connectivity index (χ0v) is 13.7. The molecular formula is C19H32NO. The van der Waals surface area contributed by atoms with E-state index in [1.54, 1.807) is 6.08 Å². The van der Waals surface area contributed by atoms with E-state index in [4.69, 9.17) is 0 Å². The molecule has 0 N–H and O–H groups in total. The molecule has 0 aliphatic carbocycles. The Labute approximate surface area is 131 Å². The molecule has 21 heavy (non-hydrogen) atoms. The van der Waals surface area contributed by atoms with E-state index in [1.165, 1.54) is 38.5 Å². The van der Waals surface area contributed by atoms with Gasteiger partial charge < -0.3 is 0 Å². The normalized spacial score (nSPS) is 13.2. The first-order chi connectivity index (χ1) is 10.3. The third-order valence-corrected chi connectivity index (χ3v) is 3.79. The van der Waals surface area contributed by atoms with Crippen molar-refractivity contribution in [3.63, 3.8) is 0 Å². The molecule has 2 nitrogen and oxygen atoms in total. The highest BCUT2D eigenvalue weighted by Gasteiger charge is 2.14. The van der Waals surface area contributed by atoms with Gasteiger partial charge in [-0.15, -0.1) is 13.2 Å². The second kappa shape index (κ2) is 15.3. The molecule has 0 spiro atoms. The van der Waals surface area contributed by atoms with E-state index in [2.05, 4.69) is 31.5 Å². The average Bonchev–Trinajstić information content (AvgIpc) is 2.47. The van der Waals surface area contributed by atoms with Crippen LogP contribution < -0.4 is 0 Å². The summed E-state index contributed by atoms with van der Waals surface area (Å²) in [5.41, 5.74) is 0. The molecule has 0 heterocycles. The van der Waals surface area contributed by atoms with Crippen molar-refractivity contribution in [3.05, 3.63) is 31.7 Å². The predicted molar refractivity (Wildman–Crippen MR) is 91.9 cm³/mol. The molecule has 0 fully saturated rings. The average molecular weight is 290 g/mol. The molecule has 2 heteroatoms. The van der Waals surface area contributed by atoms with Gasteiger partial charge in [-0.05, 0) is 38.0 Å². The fraction of sp³-hybridized carbons (Fsp3) is 0.684. The van der Waals surface area contributed by atoms with Crippen LogP contribution in [0, 0.1) is 12.3 Å². The van der Waals surface area contributed by atoms with E-state index in [1.807, 2.05) is 12.2 Å². The molecule has 0 aromatic rings. The van der Waals surface area contributed by atoms with E-state index in [0.29, 0.717) is 5.92 Å². The van der Waals surface area contributed by atoms with E-state index in [-0.39, 0.29) is 6.04 Å². The van der Waals surface area contributed by atoms with Crippen molar-refractivity contribution < 1.29 is 4.79 Å². The van der Waals surface area contributed by atoms with Gasteiger partial charge in [0.2, 0.25) is 6.08 Å². The van der Waals surface area contributed by atoms with Crippen LogP contribution in [0.4, 0.5) is 0 Å². The van der Waals surface area contributed by atoms with Crippen LogP contribution in [0.3, 0.4) is 0 Å². The minimum Gasteiger partial charge on any atom is -0.211 e. The number of hydrogen-bond donors (Lipinski definition) is 0. The van der Waals surface area contributed by atoms with E-state index >= 15 is 0 Å². The molecule has 2 atom stereocenters. The van der Waals surface area contributed by atoms with Gasteiger partial charge in [-0.3, -0.25) is 0 Å². The van der Waals surface area contributed by atoms with Crippen molar-refractivity contribution in [1.82, 2.24) is 0 Å². The van der Waals surface area contributed by atoms with Gasteiger partial charge in [0, 0.05) is 0 Å². The van der Waals surface area contributed by atoms with Crippen LogP contribution in [-0.2, 0) is 4.79 Å². The molecule has 0 aromatic heterocycles. The van der Waals surface area contributed by atoms with Crippen LogP contribution in [-0.4, -0.2) is 12.1 Å². The Hall–Kier alpha value is -1.14. The smallest absolute Gasteiger partial charge is 0.211 e. The number of unbranched alkanes of at least 4 members (excludes halogenated alkanes) is 6. The Bertz CT molecular complexity index is 305. The largest absolute Gasteiger partial charge is 0.235 e. The standard InChI is InChI=1S/C19H32NO/c1-4-7-8-9-10-11-12-15-18(13-5-2)16-19(14-6-3)20-17-21/h5-6,12,18-19H,2-4,7-11,13-16H2,1H3. The van der Waals surface area contributed by atoms with Crippen molar-refractivity contribution in [3.8, 4) is 0 Å². The number of nitrogens with zero attached hydrogens (tertiary/aromatic N) is 1. The van der Waals surface area contributed by atoms with Crippen molar-refractivity contribution in [2.24, 2.45) is 10.9 Å². The second-order valence-corrected chi connectivity index (χ2v) is 5.75. The van der Waals surface area contributed by atoms with Crippen LogP contribution in [0.15, 0.2) is 30.3 Å². The van der Waals surface area contributed by atoms with Crippen LogP contribution in [0.2, 0.25) is 0 Å². The third kappa shape index (κ3) is 12.3. The van der Waals surface area contributed by atoms with Crippen LogP contribution in [0.25, 0.3) is 0 Å². The quantitative estimate of drug-likeness (QED) is 0.162. The first kappa shape index (κ1) is 19.9. The first-order valence-corrected chi connectivity index (χ1v) is 8.38. The fourth-order valence-corrected chi connectivity index (χ4v) is 2.62. The molecule has 0 bridgehead atoms. The number of hydrogen-bond acceptors (Lipinski definition) is 2. The Morgan fingerprint density at radius 2 is 1.76 bits per heavy atom. The van der Waals surface area contributed by atoms with Gasteiger partial charge in [-0.25, -0.2) is 9.79 Å². The highest BCUT2D eigenvalue weighted by Crippen LogP contribution is 2.22. The van der Waals surface area contributed by atoms with Crippen molar-refractivity contribution >= 4 is 6.08 Å². The summed E-state index contributed by atoms with van der Waals surface area (Å²) in [6.45, 7) is 9.81. The number of allylic oxidation sites excluding steroid dienone is 1. The lowest BCUT2D eigenvalue weighted by molar-refractivity contribution is 0.424. The topological polar surface area (TPSA) is 29.4 Å². The summed E-state index contributed by atoms with van der Waals surface area (Å²) in [5, 5.41) is 0. The minimum atomic E-state index is 0.0305. The highest BCUT2D eigenvalue weighted by atomic mass is 16.1. The summed E-state index contributed by atoms with van der Waals surface area (Å²) >= 11 is 0. The fourth-order valence-electron chi connectivity index (χ4n) is 2.62. The van der Waals surface area contributed by atoms with Gasteiger partial charge in [-0.2, -0.15) is 0 Å². The summed E-state index contributed by atoms with van der Waals surface area (Å²) in [6.07, 6.45) is 19.4. The third-order valence-electron chi connectivity index (χ3n) is 3.79. The number of rotatable bonds is 15. The second-order valence-electron chi connectivity index (χ2n) is 5.75. The summed E-state index contributed by atoms with van der Waals surface area (Å²) in [5.74, 6) is 0.528. The lowest BCUT2D eigenvalue weighted by Gasteiger charge is -2.18. The molecule has 0 saturated carbocycles. The maximum Gasteiger partial charge on any atom is 0.235 e. The minimum absolute atomic E-state index is 0.0305. The SMILES string of the molecule is C=CCC(C[CH]CCCCCCC)CC(CC=C)N=C=O. The first-order valence-electron chi connectivity index (χ1n) is 8.38. The van der Waals surface area contributed by atoms with Crippen LogP contribution in [0.1, 0.15) is 71.1 Å². The number of isocyanates is 1. The van der Waals surface area contributed by atoms with Crippen LogP contribution >= 0.6 is 0 Å². The molecule has 2 unspecified atom stereocenters. The highest BCUT2D eigenvalue weighted by molar-refractivity contribution is 5.33. The molecule has 0 aliphatic heterocycles. The Morgan fingerprint density at radius 3 is 2.38 bits per heavy atom. The maximum absolute atomic E-state index is 10.5. The van der Waals surface area contributed by atoms with Gasteiger partial charge in [0.15, 0.2) is 0 Å². The molecule has 0 saturated heterocycles. The monoisotopic (exact) mass is 290 g/mol. The summed E-state index contributed by atoms with van der Waals surface area (Å²) in [6, 6.07) is 0.0305. The Balaban J connectivity index is 3.96. The molecule has 1 radical (unpaired) electrons. The van der Waals surface area contributed by atoms with Gasteiger partial charge in [-0.1, -0.05) is 57.6 Å². The molecule has 0 aliphatic rings. The zero-order valence-electron chi connectivity index (χ0n) is 13.7. The summed E-state index contributed by atoms with van der Waals surface area (Å²) in [4.78, 5) is 14.4. The number of carbonyl (C=O) groups excluding carboxylic acids is 1. The molecule has 119 valence electrons. The van der Waals surface area contributed by atoms with Gasteiger partial charge in [0.05, 0.1) is 6.04 Å². The molecule has 0 amide bonds. The van der Waals surface area contributed by atoms with Gasteiger partial charge in [0.25, 0.3) is 0 Å². The lowest BCUT2D eigenvalue weighted by Crippen LogP contribution is -2.11. The maximum atomic E-state index is 10.5. The Morgan fingerprint density at radius 1 is 1.05 bits per heavy atom. The molecular weight excluding hydrogens is 258 g/mol. The van der Waals surface area contributed by atoms with Crippen LogP contribution in [0.5, 0.6) is 0 Å². The molecule has 0 aromatic carbocycles. The zero-order chi connectivity index (χ0) is 15.8. The predicted octanol–water partition coefficient (Wildman–Crippen LogP) is 5.80. The van der Waals surface area contributed by atoms with E-state index in [9.17, 15) is 4.79 Å². The summed E-state index contributed by atoms with van der Waals surface area (Å²) < 4.78 is 0. The molecule has 0 rings (SSSR count). The van der Waals surface area contributed by atoms with Gasteiger partial charge in [0.1, 0.15) is 0 Å². The van der Waals surface area contributed by atoms with E-state index in [0.717, 1.165) is 25.7 Å². The Kier molecular flexibility index (Phi) is 14.4. The lowest BCUT2D eigenvalue weighted by atomic mass is 9.90. The van der Waals surface area contributed by atoms with Crippen molar-refractivity contribution in [2.75, 3.05) is 0 Å². The summed E-state index contributed by atoms with van der Waals surface area (Å²) in [7, 11) is 0. The van der Waals surface area contributed by atoms with Crippen molar-refractivity contribution in [2.45, 2.75) is 77.2 Å².